The number of guanidine groups is 1. The molecule has 2 rings (SSSR count). The van der Waals surface area contributed by atoms with Crippen LogP contribution in [-0.2, 0) is 11.2 Å². The third kappa shape index (κ3) is 6.44. The van der Waals surface area contributed by atoms with Gasteiger partial charge in [-0.15, -0.1) is 0 Å². The van der Waals surface area contributed by atoms with Crippen LogP contribution in [0.25, 0.3) is 0 Å². The summed E-state index contributed by atoms with van der Waals surface area (Å²) in [4.78, 5) is 18.7. The van der Waals surface area contributed by atoms with Crippen molar-refractivity contribution in [2.45, 2.75) is 52.5 Å². The average molecular weight is 348 g/mol. The first-order valence-corrected chi connectivity index (χ1v) is 9.46. The van der Waals surface area contributed by atoms with Crippen molar-refractivity contribution in [3.8, 4) is 0 Å². The number of nitrogens with zero attached hydrogens (tertiary/aromatic N) is 2. The van der Waals surface area contributed by atoms with Crippen LogP contribution in [-0.4, -0.2) is 49.0 Å². The molecule has 0 atom stereocenters. The van der Waals surface area contributed by atoms with Gasteiger partial charge in [0.15, 0.2) is 5.96 Å². The van der Waals surface area contributed by atoms with E-state index in [-0.39, 0.29) is 11.8 Å². The number of carbonyl (C=O) groups excluding carboxylic acids is 1. The van der Waals surface area contributed by atoms with Gasteiger partial charge in [0, 0.05) is 44.6 Å². The number of carbonyl (C=O) groups is 1. The van der Waals surface area contributed by atoms with Crippen LogP contribution in [0.3, 0.4) is 0 Å². The Morgan fingerprint density at radius 2 is 2.16 bits per heavy atom. The van der Waals surface area contributed by atoms with E-state index in [1.54, 1.807) is 6.26 Å². The lowest BCUT2D eigenvalue weighted by Gasteiger charge is -2.34. The Balaban J connectivity index is 1.78. The zero-order valence-electron chi connectivity index (χ0n) is 15.8. The molecule has 1 saturated heterocycles. The molecule has 0 spiro atoms. The second-order valence-corrected chi connectivity index (χ2v) is 6.89. The summed E-state index contributed by atoms with van der Waals surface area (Å²) in [6.07, 6.45) is 5.48. The highest BCUT2D eigenvalue weighted by molar-refractivity contribution is 5.80. The molecule has 140 valence electrons. The minimum absolute atomic E-state index is 0.0782. The molecule has 1 aromatic heterocycles. The number of rotatable bonds is 7. The molecule has 0 bridgehead atoms. The van der Waals surface area contributed by atoms with Crippen LogP contribution in [0.15, 0.2) is 27.8 Å². The molecular weight excluding hydrogens is 316 g/mol. The molecular formula is C19H32N4O2. The lowest BCUT2D eigenvalue weighted by molar-refractivity contribution is -0.135. The molecule has 1 fully saturated rings. The summed E-state index contributed by atoms with van der Waals surface area (Å²) in [6.45, 7) is 9.29. The first kappa shape index (κ1) is 19.3. The van der Waals surface area contributed by atoms with Crippen molar-refractivity contribution in [2.75, 3.05) is 26.2 Å². The van der Waals surface area contributed by atoms with Crippen molar-refractivity contribution in [3.05, 3.63) is 24.2 Å². The van der Waals surface area contributed by atoms with E-state index in [1.165, 1.54) is 0 Å². The van der Waals surface area contributed by atoms with E-state index >= 15 is 0 Å². The lowest BCUT2D eigenvalue weighted by Crippen LogP contribution is -2.50. The van der Waals surface area contributed by atoms with Gasteiger partial charge in [0.05, 0.1) is 6.26 Å². The predicted molar refractivity (Wildman–Crippen MR) is 101 cm³/mol. The first-order chi connectivity index (χ1) is 12.1. The van der Waals surface area contributed by atoms with Crippen LogP contribution in [0.5, 0.6) is 0 Å². The minimum Gasteiger partial charge on any atom is -0.469 e. The molecule has 6 nitrogen and oxygen atoms in total. The molecule has 0 unspecified atom stereocenters. The van der Waals surface area contributed by atoms with Crippen LogP contribution in [0.4, 0.5) is 0 Å². The van der Waals surface area contributed by atoms with E-state index in [0.717, 1.165) is 63.6 Å². The van der Waals surface area contributed by atoms with Gasteiger partial charge in [-0.1, -0.05) is 20.8 Å². The van der Waals surface area contributed by atoms with Gasteiger partial charge >= 0.3 is 0 Å². The van der Waals surface area contributed by atoms with E-state index < -0.39 is 0 Å². The van der Waals surface area contributed by atoms with Crippen molar-refractivity contribution in [1.82, 2.24) is 15.5 Å². The number of nitrogens with one attached hydrogen (secondary N) is 2. The van der Waals surface area contributed by atoms with Crippen molar-refractivity contribution >= 4 is 11.9 Å². The molecule has 2 heterocycles. The van der Waals surface area contributed by atoms with Gasteiger partial charge in [0.1, 0.15) is 5.76 Å². The van der Waals surface area contributed by atoms with Gasteiger partial charge in [-0.3, -0.25) is 9.79 Å². The molecule has 25 heavy (non-hydrogen) atoms. The molecule has 1 aliphatic rings. The second-order valence-electron chi connectivity index (χ2n) is 6.89. The third-order valence-corrected chi connectivity index (χ3v) is 4.38. The largest absolute Gasteiger partial charge is 0.469 e. The Bertz CT molecular complexity index is 532. The van der Waals surface area contributed by atoms with Crippen LogP contribution in [0.2, 0.25) is 0 Å². The maximum atomic E-state index is 12.1. The SMILES string of the molecule is CCCN=C(NCCc1ccco1)NC1CCN(C(=O)C(C)C)CC1. The van der Waals surface area contributed by atoms with Gasteiger partial charge in [0.2, 0.25) is 5.91 Å². The summed E-state index contributed by atoms with van der Waals surface area (Å²) in [7, 11) is 0. The highest BCUT2D eigenvalue weighted by Crippen LogP contribution is 2.13. The number of amides is 1. The highest BCUT2D eigenvalue weighted by Gasteiger charge is 2.24. The molecule has 0 aromatic carbocycles. The van der Waals surface area contributed by atoms with Crippen LogP contribution >= 0.6 is 0 Å². The van der Waals surface area contributed by atoms with E-state index in [1.807, 2.05) is 30.9 Å². The van der Waals surface area contributed by atoms with Gasteiger partial charge in [-0.05, 0) is 31.4 Å². The fourth-order valence-electron chi connectivity index (χ4n) is 2.94. The Labute approximate surface area is 151 Å². The van der Waals surface area contributed by atoms with Gasteiger partial charge in [0.25, 0.3) is 0 Å². The maximum Gasteiger partial charge on any atom is 0.225 e. The number of likely N-dealkylation sites (tertiary alicyclic amines) is 1. The molecule has 2 N–H and O–H groups in total. The number of aliphatic imine (C=N–C) groups is 1. The monoisotopic (exact) mass is 348 g/mol. The quantitative estimate of drug-likeness (QED) is 0.586. The van der Waals surface area contributed by atoms with Gasteiger partial charge < -0.3 is 20.0 Å². The maximum absolute atomic E-state index is 12.1. The van der Waals surface area contributed by atoms with Crippen molar-refractivity contribution in [2.24, 2.45) is 10.9 Å². The fraction of sp³-hybridized carbons (Fsp3) is 0.684. The summed E-state index contributed by atoms with van der Waals surface area (Å²) < 4.78 is 5.36. The van der Waals surface area contributed by atoms with Crippen LogP contribution in [0, 0.1) is 5.92 Å². The zero-order chi connectivity index (χ0) is 18.1. The van der Waals surface area contributed by atoms with Gasteiger partial charge in [-0.25, -0.2) is 0 Å². The fourth-order valence-corrected chi connectivity index (χ4v) is 2.94. The van der Waals surface area contributed by atoms with Crippen molar-refractivity contribution in [1.29, 1.82) is 0 Å². The van der Waals surface area contributed by atoms with Crippen molar-refractivity contribution in [3.63, 3.8) is 0 Å². The summed E-state index contributed by atoms with van der Waals surface area (Å²) in [5.74, 6) is 2.18. The Morgan fingerprint density at radius 3 is 2.76 bits per heavy atom. The molecule has 1 aliphatic heterocycles. The summed E-state index contributed by atoms with van der Waals surface area (Å²) in [5.41, 5.74) is 0. The molecule has 0 aliphatic carbocycles. The number of hydrogen-bond acceptors (Lipinski definition) is 3. The van der Waals surface area contributed by atoms with E-state index in [0.29, 0.717) is 6.04 Å². The highest BCUT2D eigenvalue weighted by atomic mass is 16.3. The lowest BCUT2D eigenvalue weighted by atomic mass is 10.0. The van der Waals surface area contributed by atoms with Crippen LogP contribution < -0.4 is 10.6 Å². The Kier molecular flexibility index (Phi) is 7.82. The van der Waals surface area contributed by atoms with Gasteiger partial charge in [-0.2, -0.15) is 0 Å². The smallest absolute Gasteiger partial charge is 0.225 e. The number of furan rings is 1. The van der Waals surface area contributed by atoms with Crippen LogP contribution in [0.1, 0.15) is 45.8 Å². The van der Waals surface area contributed by atoms with E-state index in [4.69, 9.17) is 4.42 Å². The number of hydrogen-bond donors (Lipinski definition) is 2. The molecule has 1 amide bonds. The normalized spacial score (nSPS) is 16.3. The summed E-state index contributed by atoms with van der Waals surface area (Å²) >= 11 is 0. The van der Waals surface area contributed by atoms with E-state index in [2.05, 4.69) is 22.5 Å². The molecule has 1 aromatic rings. The average Bonchev–Trinajstić information content (AvgIpc) is 3.13. The third-order valence-electron chi connectivity index (χ3n) is 4.38. The summed E-state index contributed by atoms with van der Waals surface area (Å²) in [6, 6.07) is 4.26. The molecule has 6 heteroatoms. The van der Waals surface area contributed by atoms with E-state index in [9.17, 15) is 4.79 Å². The molecule has 0 radical (unpaired) electrons. The standard InChI is InChI=1S/C19H32N4O2/c1-4-10-20-19(21-11-7-17-6-5-14-25-17)22-16-8-12-23(13-9-16)18(24)15(2)3/h5-6,14-16H,4,7-13H2,1-3H3,(H2,20,21,22). The Morgan fingerprint density at radius 1 is 1.40 bits per heavy atom. The second kappa shape index (κ2) is 10.1. The topological polar surface area (TPSA) is 69.9 Å². The Hall–Kier alpha value is -1.98. The number of piperidine rings is 1. The van der Waals surface area contributed by atoms with Crippen molar-refractivity contribution < 1.29 is 9.21 Å². The first-order valence-electron chi connectivity index (χ1n) is 9.46. The molecule has 0 saturated carbocycles. The predicted octanol–water partition coefficient (Wildman–Crippen LogP) is 2.41. The zero-order valence-corrected chi connectivity index (χ0v) is 15.8. The summed E-state index contributed by atoms with van der Waals surface area (Å²) in [5, 5.41) is 6.92. The minimum atomic E-state index is 0.0782.